The first-order chi connectivity index (χ1) is 9.51. The predicted molar refractivity (Wildman–Crippen MR) is 69.6 cm³/mol. The zero-order valence-corrected chi connectivity index (χ0v) is 10.3. The molecule has 0 aliphatic rings. The van der Waals surface area contributed by atoms with Crippen molar-refractivity contribution in [3.63, 3.8) is 0 Å². The van der Waals surface area contributed by atoms with Gasteiger partial charge in [0.15, 0.2) is 5.76 Å². The molecule has 1 aromatic heterocycles. The summed E-state index contributed by atoms with van der Waals surface area (Å²) < 4.78 is 5.17. The molecular weight excluding hydrogens is 264 g/mol. The molecule has 0 bridgehead atoms. The van der Waals surface area contributed by atoms with Gasteiger partial charge in [0.1, 0.15) is 17.1 Å². The molecule has 1 heterocycles. The molecule has 0 fully saturated rings. The maximum Gasteiger partial charge on any atom is 0.339 e. The van der Waals surface area contributed by atoms with Crippen LogP contribution in [-0.4, -0.2) is 22.1 Å². The van der Waals surface area contributed by atoms with E-state index in [0.29, 0.717) is 5.76 Å². The van der Waals surface area contributed by atoms with Gasteiger partial charge in [0.05, 0.1) is 6.54 Å². The van der Waals surface area contributed by atoms with Gasteiger partial charge in [0.25, 0.3) is 5.91 Å². The number of aromatic carboxylic acids is 1. The minimum absolute atomic E-state index is 0.0762. The first-order valence-electron chi connectivity index (χ1n) is 5.67. The summed E-state index contributed by atoms with van der Waals surface area (Å²) in [6, 6.07) is 6.77. The predicted octanol–water partition coefficient (Wildman–Crippen LogP) is 1.39. The van der Waals surface area contributed by atoms with Crippen molar-refractivity contribution in [1.29, 1.82) is 0 Å². The van der Waals surface area contributed by atoms with E-state index >= 15 is 0 Å². The van der Waals surface area contributed by atoms with Crippen LogP contribution >= 0.6 is 0 Å². The highest BCUT2D eigenvalue weighted by Gasteiger charge is 2.14. The molecule has 0 aliphatic heterocycles. The van der Waals surface area contributed by atoms with E-state index < -0.39 is 17.6 Å². The highest BCUT2D eigenvalue weighted by molar-refractivity contribution is 6.02. The van der Waals surface area contributed by atoms with Gasteiger partial charge in [0.2, 0.25) is 0 Å². The molecule has 0 saturated heterocycles. The highest BCUT2D eigenvalue weighted by Crippen LogP contribution is 2.22. The van der Waals surface area contributed by atoms with Crippen molar-refractivity contribution >= 4 is 17.6 Å². The fourth-order valence-corrected chi connectivity index (χ4v) is 1.59. The Bertz CT molecular complexity index is 663. The first-order valence-corrected chi connectivity index (χ1v) is 5.67. The molecule has 5 N–H and O–H groups in total. The molecule has 0 aliphatic carbocycles. The number of nitrogens with one attached hydrogen (secondary N) is 1. The summed E-state index contributed by atoms with van der Waals surface area (Å²) in [4.78, 5) is 22.6. The molecule has 7 nitrogen and oxygen atoms in total. The molecule has 1 amide bonds. The van der Waals surface area contributed by atoms with Crippen LogP contribution in [0.5, 0.6) is 5.75 Å². The molecule has 0 saturated carbocycles. The van der Waals surface area contributed by atoms with Crippen LogP contribution in [0.4, 0.5) is 5.69 Å². The van der Waals surface area contributed by atoms with Crippen molar-refractivity contribution in [2.24, 2.45) is 5.73 Å². The summed E-state index contributed by atoms with van der Waals surface area (Å²) >= 11 is 0. The van der Waals surface area contributed by atoms with Crippen LogP contribution in [0.1, 0.15) is 26.7 Å². The Morgan fingerprint density at radius 2 is 2.00 bits per heavy atom. The Morgan fingerprint density at radius 3 is 2.55 bits per heavy atom. The number of carboxylic acid groups (broad SMARTS) is 1. The number of hydrogen-bond acceptors (Lipinski definition) is 5. The fraction of sp³-hybridized carbons (Fsp3) is 0.0769. The summed E-state index contributed by atoms with van der Waals surface area (Å²) in [6.07, 6.45) is 0. The largest absolute Gasteiger partial charge is 0.507 e. The Labute approximate surface area is 113 Å². The van der Waals surface area contributed by atoms with Crippen LogP contribution in [0, 0.1) is 0 Å². The van der Waals surface area contributed by atoms with E-state index in [2.05, 4.69) is 5.32 Å². The minimum Gasteiger partial charge on any atom is -0.507 e. The Balaban J connectivity index is 2.15. The van der Waals surface area contributed by atoms with Crippen LogP contribution in [0.15, 0.2) is 34.7 Å². The fourth-order valence-electron chi connectivity index (χ4n) is 1.59. The van der Waals surface area contributed by atoms with Gasteiger partial charge < -0.3 is 25.7 Å². The van der Waals surface area contributed by atoms with Crippen molar-refractivity contribution < 1.29 is 24.2 Å². The zero-order valence-electron chi connectivity index (χ0n) is 10.3. The Hall–Kier alpha value is -2.80. The lowest BCUT2D eigenvalue weighted by atomic mass is 10.2. The molecule has 20 heavy (non-hydrogen) atoms. The zero-order chi connectivity index (χ0) is 14.7. The third-order valence-electron chi connectivity index (χ3n) is 2.57. The first kappa shape index (κ1) is 13.6. The monoisotopic (exact) mass is 276 g/mol. The van der Waals surface area contributed by atoms with Crippen LogP contribution in [0.25, 0.3) is 0 Å². The van der Waals surface area contributed by atoms with Gasteiger partial charge in [-0.2, -0.15) is 0 Å². The summed E-state index contributed by atoms with van der Waals surface area (Å²) in [5.74, 6) is -1.66. The highest BCUT2D eigenvalue weighted by atomic mass is 16.4. The van der Waals surface area contributed by atoms with E-state index in [4.69, 9.17) is 15.3 Å². The van der Waals surface area contributed by atoms with Gasteiger partial charge in [-0.05, 0) is 24.3 Å². The van der Waals surface area contributed by atoms with E-state index in [-0.39, 0.29) is 23.6 Å². The smallest absolute Gasteiger partial charge is 0.339 e. The number of amides is 1. The molecule has 1 aromatic carbocycles. The van der Waals surface area contributed by atoms with Crippen molar-refractivity contribution in [2.75, 3.05) is 5.32 Å². The number of furan rings is 1. The van der Waals surface area contributed by atoms with Crippen molar-refractivity contribution in [3.05, 3.63) is 47.4 Å². The summed E-state index contributed by atoms with van der Waals surface area (Å²) in [6.45, 7) is 0.182. The topological polar surface area (TPSA) is 126 Å². The van der Waals surface area contributed by atoms with Crippen molar-refractivity contribution in [2.45, 2.75) is 6.54 Å². The summed E-state index contributed by atoms with van der Waals surface area (Å²) in [7, 11) is 0. The average molecular weight is 276 g/mol. The molecule has 2 aromatic rings. The quantitative estimate of drug-likeness (QED) is 0.668. The Kier molecular flexibility index (Phi) is 3.72. The number of phenols is 1. The Morgan fingerprint density at radius 1 is 1.25 bits per heavy atom. The number of benzene rings is 1. The SMILES string of the molecule is NCc1ccc(C(=O)Nc2ccc(C(=O)O)c(O)c2)o1. The molecule has 104 valence electrons. The van der Waals surface area contributed by atoms with Gasteiger partial charge >= 0.3 is 5.97 Å². The number of carbonyl (C=O) groups is 2. The molecular formula is C13H12N2O5. The number of carbonyl (C=O) groups excluding carboxylic acids is 1. The van der Waals surface area contributed by atoms with Crippen LogP contribution in [-0.2, 0) is 6.54 Å². The van der Waals surface area contributed by atoms with Crippen LogP contribution in [0.3, 0.4) is 0 Å². The third kappa shape index (κ3) is 2.78. The molecule has 0 atom stereocenters. The van der Waals surface area contributed by atoms with E-state index in [1.807, 2.05) is 0 Å². The van der Waals surface area contributed by atoms with Gasteiger partial charge in [-0.15, -0.1) is 0 Å². The van der Waals surface area contributed by atoms with E-state index in [0.717, 1.165) is 6.07 Å². The molecule has 0 spiro atoms. The maximum absolute atomic E-state index is 11.8. The maximum atomic E-state index is 11.8. The van der Waals surface area contributed by atoms with Gasteiger partial charge in [0, 0.05) is 11.8 Å². The van der Waals surface area contributed by atoms with Gasteiger partial charge in [-0.1, -0.05) is 0 Å². The van der Waals surface area contributed by atoms with Gasteiger partial charge in [-0.25, -0.2) is 4.79 Å². The second kappa shape index (κ2) is 5.45. The van der Waals surface area contributed by atoms with Crippen LogP contribution < -0.4 is 11.1 Å². The minimum atomic E-state index is -1.25. The molecule has 0 unspecified atom stereocenters. The van der Waals surface area contributed by atoms with Gasteiger partial charge in [-0.3, -0.25) is 4.79 Å². The summed E-state index contributed by atoms with van der Waals surface area (Å²) in [5, 5.41) is 20.8. The van der Waals surface area contributed by atoms with E-state index in [1.54, 1.807) is 6.07 Å². The third-order valence-corrected chi connectivity index (χ3v) is 2.57. The molecule has 0 radical (unpaired) electrons. The lowest BCUT2D eigenvalue weighted by molar-refractivity contribution is 0.0693. The van der Waals surface area contributed by atoms with E-state index in [1.165, 1.54) is 18.2 Å². The van der Waals surface area contributed by atoms with E-state index in [9.17, 15) is 14.7 Å². The van der Waals surface area contributed by atoms with Crippen molar-refractivity contribution in [1.82, 2.24) is 0 Å². The second-order valence-electron chi connectivity index (χ2n) is 3.96. The van der Waals surface area contributed by atoms with Crippen molar-refractivity contribution in [3.8, 4) is 5.75 Å². The number of hydrogen-bond donors (Lipinski definition) is 4. The lowest BCUT2D eigenvalue weighted by Gasteiger charge is -2.05. The molecule has 2 rings (SSSR count). The number of rotatable bonds is 4. The number of carboxylic acids is 1. The molecule has 7 heteroatoms. The van der Waals surface area contributed by atoms with Crippen LogP contribution in [0.2, 0.25) is 0 Å². The number of aromatic hydroxyl groups is 1. The average Bonchev–Trinajstić information content (AvgIpc) is 2.87. The second-order valence-corrected chi connectivity index (χ2v) is 3.96. The standard InChI is InChI=1S/C13H12N2O5/c14-6-8-2-4-11(20-8)12(17)15-7-1-3-9(13(18)19)10(16)5-7/h1-5,16H,6,14H2,(H,15,17)(H,18,19). The lowest BCUT2D eigenvalue weighted by Crippen LogP contribution is -2.11. The normalized spacial score (nSPS) is 10.2. The number of nitrogens with two attached hydrogens (primary N) is 1. The number of anilines is 1. The summed E-state index contributed by atoms with van der Waals surface area (Å²) in [5.41, 5.74) is 5.38.